The third kappa shape index (κ3) is 4.67. The summed E-state index contributed by atoms with van der Waals surface area (Å²) in [7, 11) is 2.36. The van der Waals surface area contributed by atoms with E-state index in [0.29, 0.717) is 12.1 Å². The lowest BCUT2D eigenvalue weighted by Crippen LogP contribution is -2.57. The Morgan fingerprint density at radius 2 is 2.31 bits per heavy atom. The monoisotopic (exact) mass is 246 g/mol. The van der Waals surface area contributed by atoms with Crippen molar-refractivity contribution in [2.75, 3.05) is 26.2 Å². The SMILES string of the molecule is CCCC(C)CN1CC(C)NCC1COP. The molecule has 0 aromatic carbocycles. The van der Waals surface area contributed by atoms with E-state index in [0.717, 1.165) is 25.6 Å². The van der Waals surface area contributed by atoms with Crippen molar-refractivity contribution in [2.24, 2.45) is 5.92 Å². The van der Waals surface area contributed by atoms with E-state index in [9.17, 15) is 0 Å². The largest absolute Gasteiger partial charge is 0.364 e. The van der Waals surface area contributed by atoms with Crippen molar-refractivity contribution in [3.05, 3.63) is 0 Å². The zero-order chi connectivity index (χ0) is 12.0. The Kier molecular flexibility index (Phi) is 6.83. The first-order valence-electron chi connectivity index (χ1n) is 6.46. The maximum absolute atomic E-state index is 5.22. The van der Waals surface area contributed by atoms with E-state index in [2.05, 4.69) is 40.5 Å². The Morgan fingerprint density at radius 3 is 2.94 bits per heavy atom. The smallest absolute Gasteiger partial charge is 0.0670 e. The van der Waals surface area contributed by atoms with E-state index < -0.39 is 0 Å². The van der Waals surface area contributed by atoms with Crippen molar-refractivity contribution in [2.45, 2.75) is 45.7 Å². The van der Waals surface area contributed by atoms with Gasteiger partial charge in [-0.05, 0) is 19.3 Å². The summed E-state index contributed by atoms with van der Waals surface area (Å²) >= 11 is 0. The van der Waals surface area contributed by atoms with Crippen molar-refractivity contribution < 1.29 is 4.52 Å². The number of piperazine rings is 1. The van der Waals surface area contributed by atoms with Gasteiger partial charge in [-0.25, -0.2) is 0 Å². The molecule has 1 saturated heterocycles. The molecule has 1 fully saturated rings. The normalized spacial score (nSPS) is 29.2. The minimum Gasteiger partial charge on any atom is -0.364 e. The molecule has 1 rings (SSSR count). The van der Waals surface area contributed by atoms with Gasteiger partial charge in [-0.1, -0.05) is 20.3 Å². The van der Waals surface area contributed by atoms with E-state index in [1.165, 1.54) is 19.4 Å². The van der Waals surface area contributed by atoms with Crippen LogP contribution >= 0.6 is 9.47 Å². The molecule has 4 atom stereocenters. The second kappa shape index (κ2) is 7.60. The number of nitrogens with zero attached hydrogens (tertiary/aromatic N) is 1. The van der Waals surface area contributed by atoms with Crippen LogP contribution in [-0.2, 0) is 4.52 Å². The number of rotatable bonds is 6. The lowest BCUT2D eigenvalue weighted by molar-refractivity contribution is 0.0848. The molecule has 0 aliphatic carbocycles. The Morgan fingerprint density at radius 1 is 1.56 bits per heavy atom. The number of nitrogens with one attached hydrogen (secondary N) is 1. The van der Waals surface area contributed by atoms with Crippen LogP contribution in [0.4, 0.5) is 0 Å². The molecule has 0 radical (unpaired) electrons. The van der Waals surface area contributed by atoms with Crippen molar-refractivity contribution in [3.8, 4) is 0 Å². The predicted molar refractivity (Wildman–Crippen MR) is 72.6 cm³/mol. The van der Waals surface area contributed by atoms with Gasteiger partial charge in [-0.15, -0.1) is 0 Å². The van der Waals surface area contributed by atoms with Crippen LogP contribution in [0.3, 0.4) is 0 Å². The fourth-order valence-electron chi connectivity index (χ4n) is 2.52. The predicted octanol–water partition coefficient (Wildman–Crippen LogP) is 1.89. The van der Waals surface area contributed by atoms with Crippen LogP contribution < -0.4 is 5.32 Å². The Labute approximate surface area is 103 Å². The first-order valence-corrected chi connectivity index (χ1v) is 6.93. The van der Waals surface area contributed by atoms with Crippen LogP contribution in [0.1, 0.15) is 33.6 Å². The quantitative estimate of drug-likeness (QED) is 0.724. The van der Waals surface area contributed by atoms with Crippen LogP contribution in [0.25, 0.3) is 0 Å². The van der Waals surface area contributed by atoms with Gasteiger partial charge < -0.3 is 9.84 Å². The van der Waals surface area contributed by atoms with Crippen molar-refractivity contribution in [3.63, 3.8) is 0 Å². The summed E-state index contributed by atoms with van der Waals surface area (Å²) in [4.78, 5) is 2.59. The second-order valence-corrected chi connectivity index (χ2v) is 5.48. The molecular weight excluding hydrogens is 219 g/mol. The highest BCUT2D eigenvalue weighted by molar-refractivity contribution is 7.09. The summed E-state index contributed by atoms with van der Waals surface area (Å²) in [6, 6.07) is 1.14. The molecule has 1 aliphatic heterocycles. The van der Waals surface area contributed by atoms with Gasteiger partial charge in [-0.2, -0.15) is 0 Å². The highest BCUT2D eigenvalue weighted by atomic mass is 31.0. The average molecular weight is 246 g/mol. The van der Waals surface area contributed by atoms with Crippen molar-refractivity contribution in [1.82, 2.24) is 10.2 Å². The maximum atomic E-state index is 5.22. The van der Waals surface area contributed by atoms with Gasteiger partial charge in [-0.3, -0.25) is 4.90 Å². The lowest BCUT2D eigenvalue weighted by atomic mass is 10.0. The number of hydrogen-bond donors (Lipinski definition) is 1. The Bertz CT molecular complexity index is 192. The van der Waals surface area contributed by atoms with Crippen LogP contribution in [-0.4, -0.2) is 43.2 Å². The van der Waals surface area contributed by atoms with Crippen molar-refractivity contribution >= 4 is 9.47 Å². The topological polar surface area (TPSA) is 24.5 Å². The lowest BCUT2D eigenvalue weighted by Gasteiger charge is -2.40. The molecule has 0 aromatic heterocycles. The van der Waals surface area contributed by atoms with E-state index >= 15 is 0 Å². The maximum Gasteiger partial charge on any atom is 0.0670 e. The average Bonchev–Trinajstić information content (AvgIpc) is 2.22. The fraction of sp³-hybridized carbons (Fsp3) is 1.00. The summed E-state index contributed by atoms with van der Waals surface area (Å²) in [5.74, 6) is 0.794. The zero-order valence-electron chi connectivity index (χ0n) is 10.9. The van der Waals surface area contributed by atoms with Gasteiger partial charge in [0, 0.05) is 41.2 Å². The van der Waals surface area contributed by atoms with Gasteiger partial charge in [0.15, 0.2) is 0 Å². The molecule has 96 valence electrons. The minimum atomic E-state index is 0.535. The second-order valence-electron chi connectivity index (χ2n) is 5.14. The third-order valence-corrected chi connectivity index (χ3v) is 3.54. The standard InChI is InChI=1S/C12H27N2OP/c1-4-5-10(2)7-14-8-11(3)13-6-12(14)9-15-16/h10-13H,4-9,16H2,1-3H3. The first kappa shape index (κ1) is 14.4. The highest BCUT2D eigenvalue weighted by Gasteiger charge is 2.26. The molecular formula is C12H27N2OP. The molecule has 1 N–H and O–H groups in total. The van der Waals surface area contributed by atoms with Gasteiger partial charge in [0.1, 0.15) is 0 Å². The van der Waals surface area contributed by atoms with E-state index in [-0.39, 0.29) is 0 Å². The molecule has 0 bridgehead atoms. The summed E-state index contributed by atoms with van der Waals surface area (Å²) in [5, 5.41) is 3.52. The molecule has 1 heterocycles. The van der Waals surface area contributed by atoms with Gasteiger partial charge >= 0.3 is 0 Å². The Balaban J connectivity index is 2.43. The summed E-state index contributed by atoms with van der Waals surface area (Å²) in [6.45, 7) is 11.1. The van der Waals surface area contributed by atoms with E-state index in [4.69, 9.17) is 4.52 Å². The van der Waals surface area contributed by atoms with Crippen LogP contribution in [0.5, 0.6) is 0 Å². The van der Waals surface area contributed by atoms with E-state index in [1.54, 1.807) is 0 Å². The Hall–Kier alpha value is 0.310. The molecule has 4 heteroatoms. The molecule has 0 aromatic rings. The highest BCUT2D eigenvalue weighted by Crippen LogP contribution is 2.14. The molecule has 0 spiro atoms. The molecule has 1 aliphatic rings. The van der Waals surface area contributed by atoms with Gasteiger partial charge in [0.2, 0.25) is 0 Å². The van der Waals surface area contributed by atoms with Crippen LogP contribution in [0.2, 0.25) is 0 Å². The van der Waals surface area contributed by atoms with E-state index in [1.807, 2.05) is 0 Å². The van der Waals surface area contributed by atoms with Crippen molar-refractivity contribution in [1.29, 1.82) is 0 Å². The molecule has 3 nitrogen and oxygen atoms in total. The van der Waals surface area contributed by atoms with Gasteiger partial charge in [0.25, 0.3) is 0 Å². The molecule has 16 heavy (non-hydrogen) atoms. The number of hydrogen-bond acceptors (Lipinski definition) is 3. The zero-order valence-corrected chi connectivity index (χ0v) is 12.1. The minimum absolute atomic E-state index is 0.535. The van der Waals surface area contributed by atoms with Crippen LogP contribution in [0.15, 0.2) is 0 Å². The van der Waals surface area contributed by atoms with Crippen LogP contribution in [0, 0.1) is 5.92 Å². The molecule has 0 amide bonds. The first-order chi connectivity index (χ1) is 7.67. The van der Waals surface area contributed by atoms with Gasteiger partial charge in [0.05, 0.1) is 6.61 Å². The molecule has 0 saturated carbocycles. The fourth-order valence-corrected chi connectivity index (χ4v) is 2.74. The third-order valence-electron chi connectivity index (χ3n) is 3.34. The summed E-state index contributed by atoms with van der Waals surface area (Å²) in [5.41, 5.74) is 0. The summed E-state index contributed by atoms with van der Waals surface area (Å²) in [6.07, 6.45) is 2.61. The molecule has 4 unspecified atom stereocenters. The summed E-state index contributed by atoms with van der Waals surface area (Å²) < 4.78 is 5.22.